The van der Waals surface area contributed by atoms with Gasteiger partial charge in [-0.3, -0.25) is 4.79 Å². The van der Waals surface area contributed by atoms with Crippen molar-refractivity contribution < 1.29 is 32.6 Å². The molecule has 1 aromatic carbocycles. The number of ether oxygens (including phenoxy) is 1. The summed E-state index contributed by atoms with van der Waals surface area (Å²) in [6.07, 6.45) is -4.57. The normalized spacial score (nSPS) is 12.7. The quantitative estimate of drug-likeness (QED) is 0.814. The van der Waals surface area contributed by atoms with Crippen LogP contribution in [0.4, 0.5) is 18.9 Å². The van der Waals surface area contributed by atoms with E-state index < -0.39 is 35.4 Å². The van der Waals surface area contributed by atoms with Crippen LogP contribution in [0.2, 0.25) is 0 Å². The van der Waals surface area contributed by atoms with Crippen molar-refractivity contribution in [3.8, 4) is 5.69 Å². The highest BCUT2D eigenvalue weighted by molar-refractivity contribution is 5.94. The first-order chi connectivity index (χ1) is 12.2. The third-order valence-electron chi connectivity index (χ3n) is 3.57. The van der Waals surface area contributed by atoms with Crippen molar-refractivity contribution in [3.63, 3.8) is 0 Å². The highest BCUT2D eigenvalue weighted by atomic mass is 19.4. The summed E-state index contributed by atoms with van der Waals surface area (Å²) in [5.41, 5.74) is -2.19. The zero-order chi connectivity index (χ0) is 19.5. The summed E-state index contributed by atoms with van der Waals surface area (Å²) in [6, 6.07) is 5.48. The molecular formula is C16H16F3N3O4. The van der Waals surface area contributed by atoms with Gasteiger partial charge in [0.25, 0.3) is 5.91 Å². The Labute approximate surface area is 146 Å². The number of carboxylic acids is 1. The number of carbonyl (C=O) groups is 2. The van der Waals surface area contributed by atoms with Crippen LogP contribution in [0.3, 0.4) is 0 Å². The van der Waals surface area contributed by atoms with Gasteiger partial charge in [0.05, 0.1) is 11.9 Å². The summed E-state index contributed by atoms with van der Waals surface area (Å²) in [4.78, 5) is 23.1. The van der Waals surface area contributed by atoms with Gasteiger partial charge in [0.1, 0.15) is 11.7 Å². The summed E-state index contributed by atoms with van der Waals surface area (Å²) < 4.78 is 45.3. The van der Waals surface area contributed by atoms with Gasteiger partial charge in [-0.25, -0.2) is 9.48 Å². The van der Waals surface area contributed by atoms with Crippen molar-refractivity contribution in [2.45, 2.75) is 25.6 Å². The number of alkyl halides is 3. The molecule has 1 aromatic heterocycles. The molecule has 0 fully saturated rings. The predicted molar refractivity (Wildman–Crippen MR) is 85.2 cm³/mol. The number of anilines is 1. The lowest BCUT2D eigenvalue weighted by Gasteiger charge is -2.15. The number of carboxylic acid groups (broad SMARTS) is 1. The van der Waals surface area contributed by atoms with Crippen molar-refractivity contribution in [2.75, 3.05) is 12.4 Å². The minimum absolute atomic E-state index is 0.0481. The molecule has 2 aromatic rings. The summed E-state index contributed by atoms with van der Waals surface area (Å²) in [6.45, 7) is 1.75. The maximum absolute atomic E-state index is 13.3. The number of nitrogens with zero attached hydrogens (tertiary/aromatic N) is 2. The molecule has 2 N–H and O–H groups in total. The zero-order valence-electron chi connectivity index (χ0n) is 13.9. The Hall–Kier alpha value is -2.88. The lowest BCUT2D eigenvalue weighted by molar-refractivity contribution is -0.143. The van der Waals surface area contributed by atoms with E-state index in [2.05, 4.69) is 10.4 Å². The molecule has 0 aliphatic carbocycles. The third-order valence-corrected chi connectivity index (χ3v) is 3.57. The van der Waals surface area contributed by atoms with E-state index in [-0.39, 0.29) is 11.4 Å². The van der Waals surface area contributed by atoms with Crippen LogP contribution < -0.4 is 5.32 Å². The van der Waals surface area contributed by atoms with E-state index in [1.54, 1.807) is 6.92 Å². The van der Waals surface area contributed by atoms with E-state index in [0.29, 0.717) is 17.3 Å². The Balaban J connectivity index is 2.43. The number of nitrogens with one attached hydrogen (secondary N) is 1. The zero-order valence-corrected chi connectivity index (χ0v) is 13.9. The molecule has 0 aliphatic rings. The Morgan fingerprint density at radius 2 is 2.08 bits per heavy atom. The molecule has 1 heterocycles. The van der Waals surface area contributed by atoms with Crippen LogP contribution in [-0.2, 0) is 15.7 Å². The average molecular weight is 371 g/mol. The first-order valence-corrected chi connectivity index (χ1v) is 7.51. The fourth-order valence-electron chi connectivity index (χ4n) is 2.37. The highest BCUT2D eigenvalue weighted by Gasteiger charge is 2.40. The van der Waals surface area contributed by atoms with Crippen molar-refractivity contribution in [1.29, 1.82) is 0 Å². The topological polar surface area (TPSA) is 93.5 Å². The number of amides is 1. The van der Waals surface area contributed by atoms with Crippen LogP contribution in [0.25, 0.3) is 5.69 Å². The van der Waals surface area contributed by atoms with Crippen LogP contribution >= 0.6 is 0 Å². The monoisotopic (exact) mass is 371 g/mol. The maximum atomic E-state index is 13.3. The summed E-state index contributed by atoms with van der Waals surface area (Å²) >= 11 is 0. The number of halogens is 3. The Kier molecular flexibility index (Phi) is 5.66. The van der Waals surface area contributed by atoms with E-state index in [1.165, 1.54) is 31.4 Å². The number of aromatic nitrogens is 2. The van der Waals surface area contributed by atoms with Gasteiger partial charge in [0.15, 0.2) is 5.69 Å². The lowest BCUT2D eigenvalue weighted by atomic mass is 10.2. The minimum atomic E-state index is -4.92. The van der Waals surface area contributed by atoms with Crippen LogP contribution in [0, 0.1) is 0 Å². The van der Waals surface area contributed by atoms with Gasteiger partial charge in [-0.2, -0.15) is 18.3 Å². The maximum Gasteiger partial charge on any atom is 0.434 e. The van der Waals surface area contributed by atoms with E-state index in [1.807, 2.05) is 0 Å². The number of rotatable bonds is 6. The van der Waals surface area contributed by atoms with Gasteiger partial charge in [0.2, 0.25) is 0 Å². The molecule has 0 saturated carbocycles. The molecule has 1 amide bonds. The molecular weight excluding hydrogens is 355 g/mol. The van der Waals surface area contributed by atoms with Gasteiger partial charge in [-0.15, -0.1) is 0 Å². The standard InChI is InChI=1S/C16H16F3N3O4/c1-3-12(26-2)14(23)21-9-5-4-6-10(7-9)22-13(16(17,18)19)11(8-20-22)15(24)25/h4-8,12H,3H2,1-2H3,(H,21,23)(H,24,25). The second-order valence-corrected chi connectivity index (χ2v) is 5.29. The number of methoxy groups -OCH3 is 1. The first kappa shape index (κ1) is 19.4. The number of benzene rings is 1. The summed E-state index contributed by atoms with van der Waals surface area (Å²) in [5, 5.41) is 15.0. The molecule has 0 bridgehead atoms. The molecule has 0 radical (unpaired) electrons. The molecule has 10 heteroatoms. The van der Waals surface area contributed by atoms with Gasteiger partial charge in [-0.1, -0.05) is 13.0 Å². The molecule has 7 nitrogen and oxygen atoms in total. The van der Waals surface area contributed by atoms with Gasteiger partial charge in [-0.05, 0) is 24.6 Å². The van der Waals surface area contributed by atoms with Crippen molar-refractivity contribution in [2.24, 2.45) is 0 Å². The second-order valence-electron chi connectivity index (χ2n) is 5.29. The number of aromatic carboxylic acids is 1. The molecule has 26 heavy (non-hydrogen) atoms. The van der Waals surface area contributed by atoms with Gasteiger partial charge < -0.3 is 15.2 Å². The fraction of sp³-hybridized carbons (Fsp3) is 0.312. The lowest BCUT2D eigenvalue weighted by Crippen LogP contribution is -2.28. The average Bonchev–Trinajstić information content (AvgIpc) is 3.02. The van der Waals surface area contributed by atoms with E-state index in [0.717, 1.165) is 0 Å². The summed E-state index contributed by atoms with van der Waals surface area (Å²) in [7, 11) is 1.37. The van der Waals surface area contributed by atoms with Crippen LogP contribution in [-0.4, -0.2) is 40.0 Å². The summed E-state index contributed by atoms with van der Waals surface area (Å²) in [5.74, 6) is -2.19. The van der Waals surface area contributed by atoms with Crippen molar-refractivity contribution in [3.05, 3.63) is 41.7 Å². The molecule has 1 unspecified atom stereocenters. The molecule has 0 saturated heterocycles. The SMILES string of the molecule is CCC(OC)C(=O)Nc1cccc(-n2ncc(C(=O)O)c2C(F)(F)F)c1. The van der Waals surface area contributed by atoms with E-state index in [9.17, 15) is 22.8 Å². The van der Waals surface area contributed by atoms with Crippen LogP contribution in [0.1, 0.15) is 29.4 Å². The number of hydrogen-bond donors (Lipinski definition) is 2. The molecule has 0 spiro atoms. The van der Waals surface area contributed by atoms with Gasteiger partial charge >= 0.3 is 12.1 Å². The van der Waals surface area contributed by atoms with Crippen LogP contribution in [0.15, 0.2) is 30.5 Å². The minimum Gasteiger partial charge on any atom is -0.478 e. The Bertz CT molecular complexity index is 813. The smallest absolute Gasteiger partial charge is 0.434 e. The number of hydrogen-bond acceptors (Lipinski definition) is 4. The molecule has 140 valence electrons. The third kappa shape index (κ3) is 4.02. The van der Waals surface area contributed by atoms with Crippen molar-refractivity contribution in [1.82, 2.24) is 9.78 Å². The fourth-order valence-corrected chi connectivity index (χ4v) is 2.37. The van der Waals surface area contributed by atoms with Crippen molar-refractivity contribution >= 4 is 17.6 Å². The molecule has 1 atom stereocenters. The van der Waals surface area contributed by atoms with E-state index >= 15 is 0 Å². The number of carbonyl (C=O) groups excluding carboxylic acids is 1. The molecule has 2 rings (SSSR count). The largest absolute Gasteiger partial charge is 0.478 e. The predicted octanol–water partition coefficient (Wildman–Crippen LogP) is 2.95. The Morgan fingerprint density at radius 1 is 1.38 bits per heavy atom. The van der Waals surface area contributed by atoms with Gasteiger partial charge in [0, 0.05) is 12.8 Å². The second kappa shape index (κ2) is 7.56. The molecule has 0 aliphatic heterocycles. The van der Waals surface area contributed by atoms with E-state index in [4.69, 9.17) is 9.84 Å². The first-order valence-electron chi connectivity index (χ1n) is 7.51. The van der Waals surface area contributed by atoms with Crippen LogP contribution in [0.5, 0.6) is 0 Å². The highest BCUT2D eigenvalue weighted by Crippen LogP contribution is 2.34. The Morgan fingerprint density at radius 3 is 2.62 bits per heavy atom.